The van der Waals surface area contributed by atoms with E-state index in [-0.39, 0.29) is 11.3 Å². The van der Waals surface area contributed by atoms with Crippen LogP contribution in [0.15, 0.2) is 0 Å². The molecule has 0 aromatic carbocycles. The zero-order chi connectivity index (χ0) is 8.48. The number of carbonyl (C=O) groups is 1. The molecular formula is C8H15N2O. The highest BCUT2D eigenvalue weighted by Gasteiger charge is 2.28. The molecule has 1 aliphatic heterocycles. The molecule has 0 saturated carbocycles. The van der Waals surface area contributed by atoms with Gasteiger partial charge in [-0.15, -0.1) is 0 Å². The highest BCUT2D eigenvalue weighted by molar-refractivity contribution is 5.81. The van der Waals surface area contributed by atoms with Gasteiger partial charge >= 0.3 is 0 Å². The minimum atomic E-state index is -0.250. The van der Waals surface area contributed by atoms with E-state index >= 15 is 0 Å². The molecule has 1 amide bonds. The first-order valence-corrected chi connectivity index (χ1v) is 3.94. The third-order valence-corrected chi connectivity index (χ3v) is 1.73. The zero-order valence-corrected chi connectivity index (χ0v) is 7.42. The molecule has 3 nitrogen and oxygen atoms in total. The summed E-state index contributed by atoms with van der Waals surface area (Å²) in [7, 11) is 0. The fraction of sp³-hybridized carbons (Fsp3) is 0.875. The van der Waals surface area contributed by atoms with Crippen molar-refractivity contribution in [3.63, 3.8) is 0 Å². The highest BCUT2D eigenvalue weighted by atomic mass is 16.2. The summed E-state index contributed by atoms with van der Waals surface area (Å²) in [5, 5.41) is 4.10. The number of carbonyl (C=O) groups excluding carboxylic acids is 1. The first-order chi connectivity index (χ1) is 5.02. The highest BCUT2D eigenvalue weighted by Crippen LogP contribution is 2.17. The van der Waals surface area contributed by atoms with Crippen LogP contribution in [0, 0.1) is 5.41 Å². The summed E-state index contributed by atoms with van der Waals surface area (Å²) in [5.74, 6) is 0.207. The van der Waals surface area contributed by atoms with Gasteiger partial charge in [0.25, 0.3) is 0 Å². The lowest BCUT2D eigenvalue weighted by molar-refractivity contribution is -0.138. The number of rotatable bonds is 0. The van der Waals surface area contributed by atoms with Crippen LogP contribution in [0.5, 0.6) is 0 Å². The number of amides is 1. The molecule has 0 aliphatic carbocycles. The van der Waals surface area contributed by atoms with E-state index in [2.05, 4.69) is 5.32 Å². The Hall–Kier alpha value is -0.570. The Morgan fingerprint density at radius 3 is 2.45 bits per heavy atom. The molecule has 1 heterocycles. The number of nitrogens with zero attached hydrogens (tertiary/aromatic N) is 2. The Morgan fingerprint density at radius 2 is 2.09 bits per heavy atom. The second kappa shape index (κ2) is 2.81. The van der Waals surface area contributed by atoms with Crippen LogP contribution in [0.2, 0.25) is 0 Å². The third kappa shape index (κ3) is 1.93. The van der Waals surface area contributed by atoms with Crippen LogP contribution in [0.1, 0.15) is 20.8 Å². The molecule has 3 heteroatoms. The molecule has 0 N–H and O–H groups in total. The Labute approximate surface area is 67.8 Å². The summed E-state index contributed by atoms with van der Waals surface area (Å²) >= 11 is 0. The topological polar surface area (TPSA) is 34.4 Å². The molecule has 1 aliphatic rings. The minimum Gasteiger partial charge on any atom is -0.327 e. The van der Waals surface area contributed by atoms with Crippen molar-refractivity contribution in [1.82, 2.24) is 10.2 Å². The lowest BCUT2D eigenvalue weighted by Crippen LogP contribution is -2.38. The van der Waals surface area contributed by atoms with Gasteiger partial charge in [0.1, 0.15) is 0 Å². The average molecular weight is 155 g/mol. The molecule has 0 bridgehead atoms. The van der Waals surface area contributed by atoms with Gasteiger partial charge in [0.05, 0.1) is 6.67 Å². The molecule has 1 radical (unpaired) electrons. The van der Waals surface area contributed by atoms with Gasteiger partial charge in [-0.05, 0) is 0 Å². The van der Waals surface area contributed by atoms with Gasteiger partial charge in [-0.3, -0.25) is 4.79 Å². The van der Waals surface area contributed by atoms with Crippen LogP contribution in [0.25, 0.3) is 0 Å². The van der Waals surface area contributed by atoms with Gasteiger partial charge in [0.2, 0.25) is 5.91 Å². The maximum absolute atomic E-state index is 11.5. The normalized spacial score (nSPS) is 19.0. The van der Waals surface area contributed by atoms with Gasteiger partial charge in [0.15, 0.2) is 0 Å². The Bertz CT molecular complexity index is 154. The molecule has 11 heavy (non-hydrogen) atoms. The molecule has 0 unspecified atom stereocenters. The zero-order valence-electron chi connectivity index (χ0n) is 7.42. The van der Waals surface area contributed by atoms with Crippen molar-refractivity contribution in [3.8, 4) is 0 Å². The summed E-state index contributed by atoms with van der Waals surface area (Å²) in [6.07, 6.45) is 0. The van der Waals surface area contributed by atoms with E-state index in [9.17, 15) is 4.79 Å². The second-order valence-electron chi connectivity index (χ2n) is 3.91. The van der Waals surface area contributed by atoms with Crippen molar-refractivity contribution in [2.24, 2.45) is 5.41 Å². The van der Waals surface area contributed by atoms with E-state index in [1.54, 1.807) is 4.90 Å². The fourth-order valence-corrected chi connectivity index (χ4v) is 1.09. The fourth-order valence-electron chi connectivity index (χ4n) is 1.09. The van der Waals surface area contributed by atoms with Crippen molar-refractivity contribution < 1.29 is 4.79 Å². The van der Waals surface area contributed by atoms with E-state index in [1.165, 1.54) is 0 Å². The lowest BCUT2D eigenvalue weighted by atomic mass is 9.95. The summed E-state index contributed by atoms with van der Waals surface area (Å²) in [6.45, 7) is 8.02. The Balaban J connectivity index is 2.53. The molecule has 1 rings (SSSR count). The largest absolute Gasteiger partial charge is 0.327 e. The van der Waals surface area contributed by atoms with Crippen molar-refractivity contribution in [2.75, 3.05) is 19.8 Å². The Kier molecular flexibility index (Phi) is 2.18. The second-order valence-corrected chi connectivity index (χ2v) is 3.91. The maximum atomic E-state index is 11.5. The predicted molar refractivity (Wildman–Crippen MR) is 43.0 cm³/mol. The summed E-state index contributed by atoms with van der Waals surface area (Å²) < 4.78 is 0. The monoisotopic (exact) mass is 155 g/mol. The van der Waals surface area contributed by atoms with Crippen LogP contribution in [0.4, 0.5) is 0 Å². The van der Waals surface area contributed by atoms with Gasteiger partial charge in [0, 0.05) is 18.5 Å². The minimum absolute atomic E-state index is 0.207. The molecule has 1 fully saturated rings. The lowest BCUT2D eigenvalue weighted by Gasteiger charge is -2.24. The van der Waals surface area contributed by atoms with Crippen LogP contribution < -0.4 is 5.32 Å². The SMILES string of the molecule is CC(C)(C)C(=O)N1CC[N]C1. The van der Waals surface area contributed by atoms with Crippen LogP contribution >= 0.6 is 0 Å². The van der Waals surface area contributed by atoms with E-state index < -0.39 is 0 Å². The van der Waals surface area contributed by atoms with Crippen molar-refractivity contribution >= 4 is 5.91 Å². The van der Waals surface area contributed by atoms with Crippen molar-refractivity contribution in [1.29, 1.82) is 0 Å². The summed E-state index contributed by atoms with van der Waals surface area (Å²) in [4.78, 5) is 13.3. The van der Waals surface area contributed by atoms with Gasteiger partial charge in [-0.25, -0.2) is 5.32 Å². The average Bonchev–Trinajstić information content (AvgIpc) is 2.34. The molecule has 63 valence electrons. The molecule has 0 spiro atoms. The summed E-state index contributed by atoms with van der Waals surface area (Å²) in [5.41, 5.74) is -0.250. The smallest absolute Gasteiger partial charge is 0.229 e. The van der Waals surface area contributed by atoms with Crippen molar-refractivity contribution in [3.05, 3.63) is 0 Å². The molecule has 0 aromatic rings. The molecule has 0 aromatic heterocycles. The van der Waals surface area contributed by atoms with Gasteiger partial charge in [-0.2, -0.15) is 0 Å². The summed E-state index contributed by atoms with van der Waals surface area (Å²) in [6, 6.07) is 0. The first-order valence-electron chi connectivity index (χ1n) is 3.94. The van der Waals surface area contributed by atoms with E-state index in [0.29, 0.717) is 6.67 Å². The standard InChI is InChI=1S/C8H15N2O/c1-8(2,3)7(11)10-5-4-9-6-10/h4-6H2,1-3H3. The van der Waals surface area contributed by atoms with Crippen LogP contribution in [-0.2, 0) is 4.79 Å². The molecule has 1 saturated heterocycles. The Morgan fingerprint density at radius 1 is 1.45 bits per heavy atom. The number of hydrogen-bond donors (Lipinski definition) is 0. The first kappa shape index (κ1) is 8.53. The maximum Gasteiger partial charge on any atom is 0.229 e. The predicted octanol–water partition coefficient (Wildman–Crippen LogP) is 0.437. The molecular weight excluding hydrogens is 140 g/mol. The number of hydrogen-bond acceptors (Lipinski definition) is 1. The quantitative estimate of drug-likeness (QED) is 0.499. The van der Waals surface area contributed by atoms with E-state index in [0.717, 1.165) is 13.1 Å². The van der Waals surface area contributed by atoms with Crippen LogP contribution in [0.3, 0.4) is 0 Å². The van der Waals surface area contributed by atoms with Gasteiger partial charge < -0.3 is 4.90 Å². The van der Waals surface area contributed by atoms with Crippen molar-refractivity contribution in [2.45, 2.75) is 20.8 Å². The third-order valence-electron chi connectivity index (χ3n) is 1.73. The van der Waals surface area contributed by atoms with E-state index in [1.807, 2.05) is 20.8 Å². The van der Waals surface area contributed by atoms with E-state index in [4.69, 9.17) is 0 Å². The van der Waals surface area contributed by atoms with Crippen LogP contribution in [-0.4, -0.2) is 30.6 Å². The molecule has 0 atom stereocenters. The van der Waals surface area contributed by atoms with Gasteiger partial charge in [-0.1, -0.05) is 20.8 Å².